The van der Waals surface area contributed by atoms with Gasteiger partial charge in [0.25, 0.3) is 0 Å². The first kappa shape index (κ1) is 23.6. The Morgan fingerprint density at radius 1 is 1.00 bits per heavy atom. The summed E-state index contributed by atoms with van der Waals surface area (Å²) in [6.45, 7) is 2.14. The molecule has 174 valence electrons. The highest BCUT2D eigenvalue weighted by molar-refractivity contribution is 7.19. The number of amides is 2. The average Bonchev–Trinajstić information content (AvgIpc) is 3.26. The van der Waals surface area contributed by atoms with Crippen LogP contribution in [-0.4, -0.2) is 17.1 Å². The van der Waals surface area contributed by atoms with E-state index in [1.165, 1.54) is 11.3 Å². The van der Waals surface area contributed by atoms with Crippen LogP contribution in [0.3, 0.4) is 0 Å². The molecule has 0 aliphatic rings. The van der Waals surface area contributed by atoms with E-state index >= 15 is 0 Å². The molecule has 0 radical (unpaired) electrons. The molecule has 1 heterocycles. The van der Waals surface area contributed by atoms with Gasteiger partial charge in [0.05, 0.1) is 11.4 Å². The molecule has 0 bridgehead atoms. The summed E-state index contributed by atoms with van der Waals surface area (Å²) in [5, 5.41) is 2.34. The summed E-state index contributed by atoms with van der Waals surface area (Å²) >= 11 is 7.86. The third kappa shape index (κ3) is 5.68. The molecule has 0 saturated carbocycles. The molecule has 0 aliphatic carbocycles. The van der Waals surface area contributed by atoms with Gasteiger partial charge in [-0.15, -0.1) is 16.4 Å². The predicted molar refractivity (Wildman–Crippen MR) is 134 cm³/mol. The third-order valence-electron chi connectivity index (χ3n) is 5.21. The van der Waals surface area contributed by atoms with Gasteiger partial charge in [-0.3, -0.25) is 0 Å². The molecular formula is C26H23ClN2O4S. The summed E-state index contributed by atoms with van der Waals surface area (Å²) in [7, 11) is 0. The number of benzene rings is 3. The fourth-order valence-corrected chi connectivity index (χ4v) is 4.81. The largest absolute Gasteiger partial charge is 0.487 e. The third-order valence-corrected chi connectivity index (χ3v) is 6.79. The Morgan fingerprint density at radius 2 is 1.74 bits per heavy atom. The van der Waals surface area contributed by atoms with E-state index in [2.05, 4.69) is 0 Å². The number of ether oxygens (including phenoxy) is 1. The number of rotatable bonds is 7. The Balaban J connectivity index is 1.39. The minimum Gasteiger partial charge on any atom is -0.487 e. The van der Waals surface area contributed by atoms with E-state index in [1.54, 1.807) is 25.1 Å². The number of hydrogen-bond acceptors (Lipinski definition) is 5. The van der Waals surface area contributed by atoms with Crippen molar-refractivity contribution in [2.75, 3.05) is 0 Å². The number of hydrogen-bond donors (Lipinski definition) is 1. The van der Waals surface area contributed by atoms with Crippen molar-refractivity contribution in [2.45, 2.75) is 26.0 Å². The van der Waals surface area contributed by atoms with Crippen molar-refractivity contribution < 1.29 is 19.2 Å². The van der Waals surface area contributed by atoms with Gasteiger partial charge in [-0.05, 0) is 47.7 Å². The Hall–Kier alpha value is -3.55. The van der Waals surface area contributed by atoms with E-state index in [1.807, 2.05) is 60.7 Å². The van der Waals surface area contributed by atoms with Crippen LogP contribution in [0.25, 0.3) is 10.1 Å². The first-order valence-corrected chi connectivity index (χ1v) is 11.8. The van der Waals surface area contributed by atoms with E-state index in [4.69, 9.17) is 26.9 Å². The molecule has 0 aliphatic heterocycles. The number of hydroxylamine groups is 2. The number of urea groups is 1. The monoisotopic (exact) mass is 494 g/mol. The lowest BCUT2D eigenvalue weighted by Gasteiger charge is -2.24. The van der Waals surface area contributed by atoms with Crippen molar-refractivity contribution in [2.24, 2.45) is 5.73 Å². The minimum atomic E-state index is -0.846. The molecule has 6 nitrogen and oxygen atoms in total. The molecule has 34 heavy (non-hydrogen) atoms. The molecule has 0 spiro atoms. The quantitative estimate of drug-likeness (QED) is 0.307. The molecule has 4 rings (SSSR count). The molecule has 1 atom stereocenters. The summed E-state index contributed by atoms with van der Waals surface area (Å²) < 4.78 is 6.84. The molecule has 0 fully saturated rings. The number of carbonyl (C=O) groups is 2. The van der Waals surface area contributed by atoms with E-state index in [0.717, 1.165) is 25.6 Å². The molecule has 1 aromatic heterocycles. The van der Waals surface area contributed by atoms with E-state index in [0.29, 0.717) is 22.9 Å². The minimum absolute atomic E-state index is 0.0817. The Labute approximate surface area is 206 Å². The second-order valence-electron chi connectivity index (χ2n) is 7.71. The summed E-state index contributed by atoms with van der Waals surface area (Å²) in [5.41, 5.74) is 7.16. The van der Waals surface area contributed by atoms with Gasteiger partial charge in [-0.1, -0.05) is 66.2 Å². The fourth-order valence-electron chi connectivity index (χ4n) is 3.45. The number of carbonyl (C=O) groups excluding carboxylic acids is 2. The van der Waals surface area contributed by atoms with Crippen LogP contribution < -0.4 is 10.5 Å². The highest BCUT2D eigenvalue weighted by Gasteiger charge is 2.26. The molecule has 0 saturated heterocycles. The van der Waals surface area contributed by atoms with Gasteiger partial charge in [0.1, 0.15) is 18.4 Å². The van der Waals surface area contributed by atoms with Crippen molar-refractivity contribution in [3.05, 3.63) is 99.9 Å². The number of nitrogens with zero attached hydrogens (tertiary/aromatic N) is 1. The zero-order valence-electron chi connectivity index (χ0n) is 18.4. The summed E-state index contributed by atoms with van der Waals surface area (Å²) in [6.07, 6.45) is -0.0817. The highest BCUT2D eigenvalue weighted by Crippen LogP contribution is 2.33. The number of thiophene rings is 1. The first-order valence-electron chi connectivity index (χ1n) is 10.6. The number of halogens is 1. The normalized spacial score (nSPS) is 11.7. The lowest BCUT2D eigenvalue weighted by atomic mass is 10.1. The topological polar surface area (TPSA) is 81.9 Å². The van der Waals surface area contributed by atoms with E-state index in [-0.39, 0.29) is 6.42 Å². The van der Waals surface area contributed by atoms with Crippen LogP contribution >= 0.6 is 22.9 Å². The van der Waals surface area contributed by atoms with Crippen LogP contribution in [0.5, 0.6) is 5.75 Å². The van der Waals surface area contributed by atoms with Gasteiger partial charge in [-0.2, -0.15) is 0 Å². The number of primary amides is 1. The first-order chi connectivity index (χ1) is 16.4. The Morgan fingerprint density at radius 3 is 2.44 bits per heavy atom. The molecular weight excluding hydrogens is 472 g/mol. The summed E-state index contributed by atoms with van der Waals surface area (Å²) in [4.78, 5) is 30.9. The molecule has 2 N–H and O–H groups in total. The van der Waals surface area contributed by atoms with E-state index < -0.39 is 18.0 Å². The summed E-state index contributed by atoms with van der Waals surface area (Å²) in [5.74, 6) is -0.111. The van der Waals surface area contributed by atoms with Gasteiger partial charge in [0.2, 0.25) is 0 Å². The van der Waals surface area contributed by atoms with Crippen LogP contribution in [0.2, 0.25) is 5.02 Å². The molecule has 8 heteroatoms. The molecule has 1 unspecified atom stereocenters. The van der Waals surface area contributed by atoms with Crippen LogP contribution in [-0.2, 0) is 22.7 Å². The SMILES string of the molecule is CC(c1cc2ccccc2s1)N(OC(=O)Cc1ccc(OCc2ccccc2)c(Cl)c1)C(N)=O. The van der Waals surface area contributed by atoms with Crippen molar-refractivity contribution in [1.29, 1.82) is 0 Å². The maximum absolute atomic E-state index is 12.6. The zero-order chi connectivity index (χ0) is 24.1. The Bertz CT molecular complexity index is 1280. The smallest absolute Gasteiger partial charge is 0.348 e. The van der Waals surface area contributed by atoms with Gasteiger partial charge in [0, 0.05) is 9.58 Å². The van der Waals surface area contributed by atoms with Crippen molar-refractivity contribution in [3.63, 3.8) is 0 Å². The lowest BCUT2D eigenvalue weighted by molar-refractivity contribution is -0.182. The van der Waals surface area contributed by atoms with Crippen LogP contribution in [0, 0.1) is 0 Å². The van der Waals surface area contributed by atoms with Crippen LogP contribution in [0.1, 0.15) is 29.0 Å². The van der Waals surface area contributed by atoms with Crippen LogP contribution in [0.15, 0.2) is 78.9 Å². The van der Waals surface area contributed by atoms with Crippen molar-refractivity contribution in [3.8, 4) is 5.75 Å². The maximum Gasteiger partial charge on any atom is 0.348 e. The fraction of sp³-hybridized carbons (Fsp3) is 0.154. The maximum atomic E-state index is 12.6. The number of fused-ring (bicyclic) bond motifs is 1. The lowest BCUT2D eigenvalue weighted by Crippen LogP contribution is -2.39. The molecule has 3 aromatic carbocycles. The molecule has 2 amide bonds. The number of nitrogens with two attached hydrogens (primary N) is 1. The van der Waals surface area contributed by atoms with Crippen molar-refractivity contribution in [1.82, 2.24) is 5.06 Å². The highest BCUT2D eigenvalue weighted by atomic mass is 35.5. The summed E-state index contributed by atoms with van der Waals surface area (Å²) in [6, 6.07) is 23.3. The second-order valence-corrected chi connectivity index (χ2v) is 9.23. The zero-order valence-corrected chi connectivity index (χ0v) is 20.0. The standard InChI is InChI=1S/C26H23ClN2O4S/c1-17(24-15-20-9-5-6-10-23(20)34-24)29(26(28)31)33-25(30)14-19-11-12-22(21(27)13-19)32-16-18-7-3-2-4-8-18/h2-13,15,17H,14,16H2,1H3,(H2,28,31). The predicted octanol–water partition coefficient (Wildman–Crippen LogP) is 6.28. The average molecular weight is 495 g/mol. The van der Waals surface area contributed by atoms with Crippen molar-refractivity contribution >= 4 is 45.0 Å². The Kier molecular flexibility index (Phi) is 7.35. The molecule has 4 aromatic rings. The van der Waals surface area contributed by atoms with Crippen LogP contribution in [0.4, 0.5) is 4.79 Å². The van der Waals surface area contributed by atoms with E-state index in [9.17, 15) is 9.59 Å². The van der Waals surface area contributed by atoms with Gasteiger partial charge in [0.15, 0.2) is 0 Å². The second kappa shape index (κ2) is 10.6. The van der Waals surface area contributed by atoms with Gasteiger partial charge >= 0.3 is 12.0 Å². The van der Waals surface area contributed by atoms with Gasteiger partial charge < -0.3 is 15.3 Å². The van der Waals surface area contributed by atoms with Gasteiger partial charge in [-0.25, -0.2) is 9.59 Å².